The molecule has 3 heterocycles. The first-order valence-corrected chi connectivity index (χ1v) is 9.84. The topological polar surface area (TPSA) is 72.1 Å². The molecule has 26 heavy (non-hydrogen) atoms. The Balaban J connectivity index is 1.48. The van der Waals surface area contributed by atoms with Gasteiger partial charge in [0.15, 0.2) is 0 Å². The lowest BCUT2D eigenvalue weighted by atomic mass is 9.86. The van der Waals surface area contributed by atoms with Crippen LogP contribution in [0.25, 0.3) is 11.5 Å². The minimum Gasteiger partial charge on any atom is -0.418 e. The zero-order valence-electron chi connectivity index (χ0n) is 15.1. The maximum atomic E-state index is 13.0. The van der Waals surface area contributed by atoms with Gasteiger partial charge in [-0.25, -0.2) is 0 Å². The third-order valence-electron chi connectivity index (χ3n) is 5.66. The summed E-state index contributed by atoms with van der Waals surface area (Å²) in [4.78, 5) is 19.0. The van der Waals surface area contributed by atoms with Gasteiger partial charge in [-0.1, -0.05) is 19.3 Å². The van der Waals surface area contributed by atoms with Gasteiger partial charge in [0.05, 0.1) is 0 Å². The Morgan fingerprint density at radius 3 is 2.62 bits per heavy atom. The van der Waals surface area contributed by atoms with Gasteiger partial charge in [-0.15, -0.1) is 10.2 Å². The summed E-state index contributed by atoms with van der Waals surface area (Å²) in [5.41, 5.74) is 0.856. The normalized spacial score (nSPS) is 21.7. The Morgan fingerprint density at radius 2 is 1.81 bits per heavy atom. The summed E-state index contributed by atoms with van der Waals surface area (Å²) in [6.45, 7) is 0.795. The standard InChI is InChI=1S/C20H26N4O2/c25-18(14-15-6-2-1-3-7-15)24-13-5-4-8-17(24)20-23-22-19(26-20)16-9-11-21-12-10-16/h9-12,15,17H,1-8,13-14H2. The number of rotatable bonds is 4. The van der Waals surface area contributed by atoms with E-state index in [1.54, 1.807) is 12.4 Å². The van der Waals surface area contributed by atoms with Crippen LogP contribution in [-0.4, -0.2) is 32.5 Å². The van der Waals surface area contributed by atoms with E-state index >= 15 is 0 Å². The van der Waals surface area contributed by atoms with Crippen molar-refractivity contribution in [3.05, 3.63) is 30.4 Å². The van der Waals surface area contributed by atoms with Crippen LogP contribution in [0.4, 0.5) is 0 Å². The van der Waals surface area contributed by atoms with E-state index in [2.05, 4.69) is 15.2 Å². The van der Waals surface area contributed by atoms with E-state index in [-0.39, 0.29) is 11.9 Å². The van der Waals surface area contributed by atoms with Crippen molar-refractivity contribution in [1.29, 1.82) is 0 Å². The molecule has 1 aliphatic heterocycles. The average molecular weight is 354 g/mol. The maximum Gasteiger partial charge on any atom is 0.247 e. The number of carbonyl (C=O) groups excluding carboxylic acids is 1. The van der Waals surface area contributed by atoms with Crippen molar-refractivity contribution in [2.24, 2.45) is 5.92 Å². The highest BCUT2D eigenvalue weighted by molar-refractivity contribution is 5.77. The molecule has 1 atom stereocenters. The molecule has 1 unspecified atom stereocenters. The molecule has 1 aliphatic carbocycles. The lowest BCUT2D eigenvalue weighted by molar-refractivity contribution is -0.137. The fourth-order valence-electron chi connectivity index (χ4n) is 4.22. The fraction of sp³-hybridized carbons (Fsp3) is 0.600. The molecule has 6 nitrogen and oxygen atoms in total. The highest BCUT2D eigenvalue weighted by Crippen LogP contribution is 2.34. The van der Waals surface area contributed by atoms with Crippen LogP contribution >= 0.6 is 0 Å². The average Bonchev–Trinajstić information content (AvgIpc) is 3.19. The molecule has 138 valence electrons. The van der Waals surface area contributed by atoms with Crippen molar-refractivity contribution in [2.75, 3.05) is 6.54 Å². The van der Waals surface area contributed by atoms with Crippen LogP contribution in [0.3, 0.4) is 0 Å². The van der Waals surface area contributed by atoms with Crippen LogP contribution in [-0.2, 0) is 4.79 Å². The van der Waals surface area contributed by atoms with Gasteiger partial charge in [0.2, 0.25) is 17.7 Å². The lowest BCUT2D eigenvalue weighted by Gasteiger charge is -2.35. The van der Waals surface area contributed by atoms with Crippen molar-refractivity contribution in [3.8, 4) is 11.5 Å². The van der Waals surface area contributed by atoms with Crippen molar-refractivity contribution < 1.29 is 9.21 Å². The van der Waals surface area contributed by atoms with Gasteiger partial charge in [0, 0.05) is 30.9 Å². The van der Waals surface area contributed by atoms with Crippen LogP contribution in [0.1, 0.15) is 69.7 Å². The Bertz CT molecular complexity index is 724. The highest BCUT2D eigenvalue weighted by atomic mass is 16.4. The first-order chi connectivity index (χ1) is 12.8. The zero-order valence-corrected chi connectivity index (χ0v) is 15.1. The number of pyridine rings is 1. The van der Waals surface area contributed by atoms with E-state index in [0.29, 0.717) is 24.1 Å². The predicted octanol–water partition coefficient (Wildman–Crippen LogP) is 4.16. The SMILES string of the molecule is O=C(CC1CCCCC1)N1CCCCC1c1nnc(-c2ccncc2)o1. The summed E-state index contributed by atoms with van der Waals surface area (Å²) in [6, 6.07) is 3.62. The van der Waals surface area contributed by atoms with Crippen molar-refractivity contribution >= 4 is 5.91 Å². The summed E-state index contributed by atoms with van der Waals surface area (Å²) in [6.07, 6.45) is 13.4. The van der Waals surface area contributed by atoms with E-state index in [4.69, 9.17) is 4.42 Å². The number of likely N-dealkylation sites (tertiary alicyclic amines) is 1. The van der Waals surface area contributed by atoms with Crippen LogP contribution in [0.15, 0.2) is 28.9 Å². The summed E-state index contributed by atoms with van der Waals surface area (Å²) >= 11 is 0. The second kappa shape index (κ2) is 7.98. The summed E-state index contributed by atoms with van der Waals surface area (Å²) in [7, 11) is 0. The molecule has 0 N–H and O–H groups in total. The van der Waals surface area contributed by atoms with Crippen LogP contribution in [0, 0.1) is 5.92 Å². The molecule has 0 radical (unpaired) electrons. The van der Waals surface area contributed by atoms with Crippen molar-refractivity contribution in [2.45, 2.75) is 63.8 Å². The monoisotopic (exact) mass is 354 g/mol. The van der Waals surface area contributed by atoms with Gasteiger partial charge in [0.1, 0.15) is 6.04 Å². The first-order valence-electron chi connectivity index (χ1n) is 9.84. The molecule has 2 aromatic rings. The third-order valence-corrected chi connectivity index (χ3v) is 5.66. The van der Waals surface area contributed by atoms with E-state index in [1.165, 1.54) is 32.1 Å². The van der Waals surface area contributed by atoms with Crippen LogP contribution in [0.5, 0.6) is 0 Å². The molecular weight excluding hydrogens is 328 g/mol. The summed E-state index contributed by atoms with van der Waals surface area (Å²) < 4.78 is 5.94. The molecule has 0 bridgehead atoms. The molecule has 1 saturated carbocycles. The molecule has 0 spiro atoms. The maximum absolute atomic E-state index is 13.0. The highest BCUT2D eigenvalue weighted by Gasteiger charge is 2.33. The smallest absolute Gasteiger partial charge is 0.247 e. The molecule has 2 aromatic heterocycles. The largest absolute Gasteiger partial charge is 0.418 e. The van der Waals surface area contributed by atoms with E-state index < -0.39 is 0 Å². The lowest BCUT2D eigenvalue weighted by Crippen LogP contribution is -2.39. The fourth-order valence-corrected chi connectivity index (χ4v) is 4.22. The van der Waals surface area contributed by atoms with Gasteiger partial charge in [-0.05, 0) is 50.2 Å². The van der Waals surface area contributed by atoms with Crippen LogP contribution < -0.4 is 0 Å². The Labute approximate surface area is 154 Å². The minimum absolute atomic E-state index is 0.0806. The number of hydrogen-bond donors (Lipinski definition) is 0. The van der Waals surface area contributed by atoms with Gasteiger partial charge >= 0.3 is 0 Å². The third kappa shape index (κ3) is 3.79. The molecule has 2 aliphatic rings. The predicted molar refractivity (Wildman–Crippen MR) is 97.0 cm³/mol. The summed E-state index contributed by atoms with van der Waals surface area (Å²) in [5, 5.41) is 8.45. The van der Waals surface area contributed by atoms with Gasteiger partial charge in [-0.3, -0.25) is 9.78 Å². The molecular formula is C20H26N4O2. The van der Waals surface area contributed by atoms with Gasteiger partial charge in [0.25, 0.3) is 0 Å². The molecule has 6 heteroatoms. The number of aromatic nitrogens is 3. The number of nitrogens with zero attached hydrogens (tertiary/aromatic N) is 4. The Kier molecular flexibility index (Phi) is 5.27. The first kappa shape index (κ1) is 17.2. The van der Waals surface area contributed by atoms with Gasteiger partial charge < -0.3 is 9.32 Å². The Hall–Kier alpha value is -2.24. The number of piperidine rings is 1. The molecule has 0 aromatic carbocycles. The summed E-state index contributed by atoms with van der Waals surface area (Å²) in [5.74, 6) is 1.86. The van der Waals surface area contributed by atoms with E-state index in [0.717, 1.165) is 31.4 Å². The van der Waals surface area contributed by atoms with E-state index in [9.17, 15) is 4.79 Å². The van der Waals surface area contributed by atoms with Crippen molar-refractivity contribution in [1.82, 2.24) is 20.1 Å². The van der Waals surface area contributed by atoms with E-state index in [1.807, 2.05) is 17.0 Å². The van der Waals surface area contributed by atoms with Gasteiger partial charge in [-0.2, -0.15) is 0 Å². The molecule has 1 amide bonds. The van der Waals surface area contributed by atoms with Crippen molar-refractivity contribution in [3.63, 3.8) is 0 Å². The minimum atomic E-state index is -0.0806. The second-order valence-electron chi connectivity index (χ2n) is 7.49. The zero-order chi connectivity index (χ0) is 17.8. The quantitative estimate of drug-likeness (QED) is 0.824. The molecule has 1 saturated heterocycles. The Morgan fingerprint density at radius 1 is 1.04 bits per heavy atom. The molecule has 2 fully saturated rings. The second-order valence-corrected chi connectivity index (χ2v) is 7.49. The molecule has 4 rings (SSSR count). The number of hydrogen-bond acceptors (Lipinski definition) is 5. The number of carbonyl (C=O) groups is 1. The van der Waals surface area contributed by atoms with Crippen LogP contribution in [0.2, 0.25) is 0 Å². The number of amides is 1.